The van der Waals surface area contributed by atoms with Crippen molar-refractivity contribution in [2.75, 3.05) is 6.26 Å². The SMILES string of the molecule is CS(=O)(=O)c1ccc2c(C(N)=O)c3ccccc3n2c1. The van der Waals surface area contributed by atoms with Gasteiger partial charge in [0.05, 0.1) is 21.5 Å². The number of rotatable bonds is 2. The molecule has 5 nitrogen and oxygen atoms in total. The molecule has 2 aromatic heterocycles. The van der Waals surface area contributed by atoms with Crippen LogP contribution in [0, 0.1) is 0 Å². The molecule has 0 saturated heterocycles. The van der Waals surface area contributed by atoms with Crippen LogP contribution in [0.1, 0.15) is 10.4 Å². The number of aromatic nitrogens is 1. The minimum atomic E-state index is -3.31. The van der Waals surface area contributed by atoms with E-state index in [2.05, 4.69) is 0 Å². The second-order valence-electron chi connectivity index (χ2n) is 4.65. The lowest BCUT2D eigenvalue weighted by Crippen LogP contribution is -2.10. The van der Waals surface area contributed by atoms with Crippen molar-refractivity contribution in [2.45, 2.75) is 4.90 Å². The lowest BCUT2D eigenvalue weighted by molar-refractivity contribution is 0.100. The summed E-state index contributed by atoms with van der Waals surface area (Å²) < 4.78 is 25.0. The number of primary amides is 1. The van der Waals surface area contributed by atoms with Crippen LogP contribution in [-0.2, 0) is 9.84 Å². The predicted octanol–water partition coefficient (Wildman–Crippen LogP) is 1.59. The maximum absolute atomic E-state index is 11.7. The zero-order valence-corrected chi connectivity index (χ0v) is 11.5. The van der Waals surface area contributed by atoms with Gasteiger partial charge in [-0.1, -0.05) is 18.2 Å². The Labute approximate surface area is 115 Å². The number of para-hydroxylation sites is 1. The van der Waals surface area contributed by atoms with E-state index in [1.807, 2.05) is 18.2 Å². The average molecular weight is 288 g/mol. The van der Waals surface area contributed by atoms with Crippen molar-refractivity contribution in [1.29, 1.82) is 0 Å². The molecule has 0 atom stereocenters. The number of hydrogen-bond donors (Lipinski definition) is 1. The van der Waals surface area contributed by atoms with Crippen LogP contribution in [-0.4, -0.2) is 25.0 Å². The van der Waals surface area contributed by atoms with E-state index < -0.39 is 15.7 Å². The molecular weight excluding hydrogens is 276 g/mol. The van der Waals surface area contributed by atoms with E-state index in [0.29, 0.717) is 16.5 Å². The second kappa shape index (κ2) is 4.08. The Morgan fingerprint density at radius 2 is 1.80 bits per heavy atom. The van der Waals surface area contributed by atoms with Gasteiger partial charge < -0.3 is 10.1 Å². The van der Waals surface area contributed by atoms with Crippen molar-refractivity contribution in [3.63, 3.8) is 0 Å². The molecule has 1 aromatic carbocycles. The van der Waals surface area contributed by atoms with Gasteiger partial charge in [0.15, 0.2) is 9.84 Å². The minimum absolute atomic E-state index is 0.196. The number of benzene rings is 1. The van der Waals surface area contributed by atoms with Crippen LogP contribution in [0.25, 0.3) is 16.4 Å². The van der Waals surface area contributed by atoms with Crippen molar-refractivity contribution >= 4 is 32.2 Å². The number of carbonyl (C=O) groups excluding carboxylic acids is 1. The number of hydrogen-bond acceptors (Lipinski definition) is 3. The third-order valence-electron chi connectivity index (χ3n) is 3.28. The summed E-state index contributed by atoms with van der Waals surface area (Å²) in [5.74, 6) is -0.532. The lowest BCUT2D eigenvalue weighted by Gasteiger charge is -2.02. The lowest BCUT2D eigenvalue weighted by atomic mass is 10.1. The number of amides is 1. The highest BCUT2D eigenvalue weighted by molar-refractivity contribution is 7.90. The van der Waals surface area contributed by atoms with Crippen molar-refractivity contribution in [3.8, 4) is 0 Å². The van der Waals surface area contributed by atoms with E-state index in [1.54, 1.807) is 16.5 Å². The van der Waals surface area contributed by atoms with Crippen molar-refractivity contribution in [3.05, 3.63) is 48.2 Å². The van der Waals surface area contributed by atoms with Gasteiger partial charge in [-0.2, -0.15) is 0 Å². The molecule has 0 radical (unpaired) electrons. The number of nitrogens with two attached hydrogens (primary N) is 1. The van der Waals surface area contributed by atoms with E-state index >= 15 is 0 Å². The summed E-state index contributed by atoms with van der Waals surface area (Å²) in [5, 5.41) is 0.714. The Morgan fingerprint density at radius 1 is 1.10 bits per heavy atom. The molecule has 6 heteroatoms. The normalized spacial score (nSPS) is 12.1. The second-order valence-corrected chi connectivity index (χ2v) is 6.66. The molecule has 1 amide bonds. The van der Waals surface area contributed by atoms with Gasteiger partial charge in [0, 0.05) is 17.8 Å². The predicted molar refractivity (Wildman–Crippen MR) is 76.5 cm³/mol. The number of pyridine rings is 1. The molecule has 0 bridgehead atoms. The molecule has 0 spiro atoms. The Morgan fingerprint density at radius 3 is 2.45 bits per heavy atom. The molecule has 0 unspecified atom stereocenters. The summed E-state index contributed by atoms with van der Waals surface area (Å²) in [5.41, 5.74) is 7.20. The summed E-state index contributed by atoms with van der Waals surface area (Å²) in [6.45, 7) is 0. The molecule has 0 aliphatic carbocycles. The quantitative estimate of drug-likeness (QED) is 0.777. The number of nitrogens with zero attached hydrogens (tertiary/aromatic N) is 1. The van der Waals surface area contributed by atoms with Crippen LogP contribution < -0.4 is 5.73 Å². The van der Waals surface area contributed by atoms with Crippen LogP contribution in [0.2, 0.25) is 0 Å². The third-order valence-corrected chi connectivity index (χ3v) is 4.38. The van der Waals surface area contributed by atoms with Crippen molar-refractivity contribution in [1.82, 2.24) is 4.40 Å². The smallest absolute Gasteiger partial charge is 0.251 e. The fourth-order valence-corrected chi connectivity index (χ4v) is 3.01. The summed E-state index contributed by atoms with van der Waals surface area (Å²) in [6, 6.07) is 10.3. The zero-order valence-electron chi connectivity index (χ0n) is 10.7. The monoisotopic (exact) mass is 288 g/mol. The number of sulfone groups is 1. The van der Waals surface area contributed by atoms with Crippen LogP contribution >= 0.6 is 0 Å². The fourth-order valence-electron chi connectivity index (χ4n) is 2.40. The Balaban J connectivity index is 2.54. The molecule has 0 saturated carbocycles. The largest absolute Gasteiger partial charge is 0.366 e. The molecule has 0 aliphatic rings. The summed E-state index contributed by atoms with van der Waals surface area (Å²) >= 11 is 0. The van der Waals surface area contributed by atoms with Gasteiger partial charge in [-0.15, -0.1) is 0 Å². The third kappa shape index (κ3) is 1.77. The van der Waals surface area contributed by atoms with Crippen LogP contribution in [0.4, 0.5) is 0 Å². The zero-order chi connectivity index (χ0) is 14.5. The average Bonchev–Trinajstić information content (AvgIpc) is 2.71. The standard InChI is InChI=1S/C14H12N2O3S/c1-20(18,19)9-6-7-12-13(14(15)17)10-4-2-3-5-11(10)16(12)8-9/h2-8H,1H3,(H2,15,17). The van der Waals surface area contributed by atoms with E-state index in [9.17, 15) is 13.2 Å². The van der Waals surface area contributed by atoms with Gasteiger partial charge in [0.2, 0.25) is 0 Å². The first-order valence-corrected chi connectivity index (χ1v) is 7.81. The molecule has 0 aliphatic heterocycles. The molecule has 2 heterocycles. The van der Waals surface area contributed by atoms with E-state index in [4.69, 9.17) is 5.73 Å². The molecule has 3 aromatic rings. The molecule has 20 heavy (non-hydrogen) atoms. The highest BCUT2D eigenvalue weighted by Crippen LogP contribution is 2.27. The first kappa shape index (κ1) is 12.7. The van der Waals surface area contributed by atoms with Gasteiger partial charge in [-0.25, -0.2) is 8.42 Å². The van der Waals surface area contributed by atoms with Gasteiger partial charge in [-0.05, 0) is 18.2 Å². The first-order chi connectivity index (χ1) is 9.39. The van der Waals surface area contributed by atoms with Crippen LogP contribution in [0.15, 0.2) is 47.5 Å². The maximum atomic E-state index is 11.7. The Bertz CT molecular complexity index is 955. The first-order valence-electron chi connectivity index (χ1n) is 5.92. The molecule has 102 valence electrons. The molecule has 2 N–H and O–H groups in total. The minimum Gasteiger partial charge on any atom is -0.366 e. The van der Waals surface area contributed by atoms with Crippen LogP contribution in [0.3, 0.4) is 0 Å². The van der Waals surface area contributed by atoms with E-state index in [1.165, 1.54) is 12.3 Å². The Kier molecular flexibility index (Phi) is 2.58. The van der Waals surface area contributed by atoms with Gasteiger partial charge in [0.1, 0.15) is 0 Å². The highest BCUT2D eigenvalue weighted by atomic mass is 32.2. The maximum Gasteiger partial charge on any atom is 0.251 e. The molecular formula is C14H12N2O3S. The van der Waals surface area contributed by atoms with Crippen molar-refractivity contribution in [2.24, 2.45) is 5.73 Å². The van der Waals surface area contributed by atoms with E-state index in [0.717, 1.165) is 11.8 Å². The van der Waals surface area contributed by atoms with Crippen molar-refractivity contribution < 1.29 is 13.2 Å². The fraction of sp³-hybridized carbons (Fsp3) is 0.0714. The van der Waals surface area contributed by atoms with Gasteiger partial charge in [0.25, 0.3) is 5.91 Å². The Hall–Kier alpha value is -2.34. The van der Waals surface area contributed by atoms with E-state index in [-0.39, 0.29) is 4.90 Å². The topological polar surface area (TPSA) is 81.6 Å². The highest BCUT2D eigenvalue weighted by Gasteiger charge is 2.17. The van der Waals surface area contributed by atoms with Gasteiger partial charge >= 0.3 is 0 Å². The number of fused-ring (bicyclic) bond motifs is 3. The molecule has 3 rings (SSSR count). The summed E-state index contributed by atoms with van der Waals surface area (Å²) in [6.07, 6.45) is 2.66. The van der Waals surface area contributed by atoms with Crippen LogP contribution in [0.5, 0.6) is 0 Å². The van der Waals surface area contributed by atoms with Gasteiger partial charge in [-0.3, -0.25) is 4.79 Å². The summed E-state index contributed by atoms with van der Waals surface area (Å²) in [7, 11) is -3.31. The summed E-state index contributed by atoms with van der Waals surface area (Å²) in [4.78, 5) is 11.9. The number of carbonyl (C=O) groups is 1. The molecule has 0 fully saturated rings.